The molecule has 0 radical (unpaired) electrons. The monoisotopic (exact) mass is 226 g/mol. The van der Waals surface area contributed by atoms with Gasteiger partial charge in [0.2, 0.25) is 0 Å². The van der Waals surface area contributed by atoms with Crippen molar-refractivity contribution in [2.75, 3.05) is 11.9 Å². The number of pyridine rings is 1. The lowest BCUT2D eigenvalue weighted by atomic mass is 10.2. The van der Waals surface area contributed by atoms with Crippen LogP contribution in [0.1, 0.15) is 20.8 Å². The molecule has 0 saturated carbocycles. The predicted molar refractivity (Wildman–Crippen MR) is 58.8 cm³/mol. The number of halogens is 1. The van der Waals surface area contributed by atoms with Crippen LogP contribution in [0.25, 0.3) is 0 Å². The highest BCUT2D eigenvalue weighted by molar-refractivity contribution is 5.86. The number of anilines is 1. The number of nitrogens with zero attached hydrogens (tertiary/aromatic N) is 2. The van der Waals surface area contributed by atoms with Gasteiger partial charge < -0.3 is 4.74 Å². The van der Waals surface area contributed by atoms with Gasteiger partial charge in [0.15, 0.2) is 11.6 Å². The van der Waals surface area contributed by atoms with E-state index in [0.717, 1.165) is 4.90 Å². The van der Waals surface area contributed by atoms with E-state index < -0.39 is 17.5 Å². The Balaban J connectivity index is 2.83. The second-order valence-corrected chi connectivity index (χ2v) is 4.35. The fraction of sp³-hybridized carbons (Fsp3) is 0.455. The van der Waals surface area contributed by atoms with Gasteiger partial charge in [-0.05, 0) is 32.9 Å². The van der Waals surface area contributed by atoms with Gasteiger partial charge >= 0.3 is 6.09 Å². The molecule has 1 amide bonds. The summed E-state index contributed by atoms with van der Waals surface area (Å²) in [6.45, 7) is 5.23. The minimum atomic E-state index is -0.634. The van der Waals surface area contributed by atoms with Crippen molar-refractivity contribution < 1.29 is 13.9 Å². The smallest absolute Gasteiger partial charge is 0.415 e. The third-order valence-electron chi connectivity index (χ3n) is 1.72. The van der Waals surface area contributed by atoms with Crippen molar-refractivity contribution >= 4 is 11.9 Å². The van der Waals surface area contributed by atoms with Crippen LogP contribution in [0.5, 0.6) is 0 Å². The fourth-order valence-electron chi connectivity index (χ4n) is 1.04. The number of rotatable bonds is 1. The maximum atomic E-state index is 13.3. The first-order chi connectivity index (χ1) is 7.31. The molecule has 0 aliphatic carbocycles. The molecule has 0 fully saturated rings. The van der Waals surface area contributed by atoms with Crippen LogP contribution in [-0.2, 0) is 4.74 Å². The molecule has 1 aromatic heterocycles. The molecule has 0 bridgehead atoms. The van der Waals surface area contributed by atoms with E-state index in [-0.39, 0.29) is 5.82 Å². The Labute approximate surface area is 94.0 Å². The highest BCUT2D eigenvalue weighted by Gasteiger charge is 2.22. The predicted octanol–water partition coefficient (Wildman–Crippen LogP) is 2.59. The lowest BCUT2D eigenvalue weighted by molar-refractivity contribution is 0.0587. The number of carbonyl (C=O) groups excluding carboxylic acids is 1. The number of amides is 1. The van der Waals surface area contributed by atoms with E-state index in [4.69, 9.17) is 4.74 Å². The first-order valence-corrected chi connectivity index (χ1v) is 4.88. The van der Waals surface area contributed by atoms with Gasteiger partial charge in [-0.3, -0.25) is 4.90 Å². The summed E-state index contributed by atoms with van der Waals surface area (Å²) in [6, 6.07) is 2.70. The zero-order valence-corrected chi connectivity index (χ0v) is 9.82. The van der Waals surface area contributed by atoms with Crippen LogP contribution in [0.3, 0.4) is 0 Å². The summed E-state index contributed by atoms with van der Waals surface area (Å²) in [4.78, 5) is 16.4. The van der Waals surface area contributed by atoms with E-state index in [1.165, 1.54) is 25.4 Å². The first-order valence-electron chi connectivity index (χ1n) is 4.88. The van der Waals surface area contributed by atoms with Crippen LogP contribution in [0.4, 0.5) is 15.0 Å². The maximum Gasteiger partial charge on any atom is 0.415 e. The molecule has 0 aromatic carbocycles. The Hall–Kier alpha value is -1.65. The van der Waals surface area contributed by atoms with Gasteiger partial charge in [0.25, 0.3) is 0 Å². The molecule has 1 aromatic rings. The molecule has 0 N–H and O–H groups in total. The SMILES string of the molecule is CN(C(=O)OC(C)(C)C)c1ncccc1F. The molecule has 5 heteroatoms. The van der Waals surface area contributed by atoms with Gasteiger partial charge in [0.1, 0.15) is 5.60 Å². The van der Waals surface area contributed by atoms with Gasteiger partial charge in [0.05, 0.1) is 0 Å². The van der Waals surface area contributed by atoms with Crippen molar-refractivity contribution in [3.63, 3.8) is 0 Å². The van der Waals surface area contributed by atoms with Crippen LogP contribution in [0.2, 0.25) is 0 Å². The molecule has 1 rings (SSSR count). The molecule has 88 valence electrons. The van der Waals surface area contributed by atoms with E-state index in [2.05, 4.69) is 4.98 Å². The highest BCUT2D eigenvalue weighted by atomic mass is 19.1. The lowest BCUT2D eigenvalue weighted by Gasteiger charge is -2.24. The molecule has 0 unspecified atom stereocenters. The highest BCUT2D eigenvalue weighted by Crippen LogP contribution is 2.16. The Morgan fingerprint density at radius 3 is 2.62 bits per heavy atom. The largest absolute Gasteiger partial charge is 0.443 e. The minimum Gasteiger partial charge on any atom is -0.443 e. The maximum absolute atomic E-state index is 13.3. The van der Waals surface area contributed by atoms with Crippen LogP contribution in [0.15, 0.2) is 18.3 Å². The number of hydrogen-bond donors (Lipinski definition) is 0. The number of carbonyl (C=O) groups is 1. The molecule has 0 aliphatic heterocycles. The van der Waals surface area contributed by atoms with Crippen molar-refractivity contribution in [2.24, 2.45) is 0 Å². The summed E-state index contributed by atoms with van der Waals surface area (Å²) >= 11 is 0. The van der Waals surface area contributed by atoms with E-state index in [1.807, 2.05) is 0 Å². The second-order valence-electron chi connectivity index (χ2n) is 4.35. The average molecular weight is 226 g/mol. The second kappa shape index (κ2) is 4.47. The van der Waals surface area contributed by atoms with Gasteiger partial charge in [-0.25, -0.2) is 14.2 Å². The van der Waals surface area contributed by atoms with E-state index >= 15 is 0 Å². The third-order valence-corrected chi connectivity index (χ3v) is 1.72. The number of ether oxygens (including phenoxy) is 1. The number of aromatic nitrogens is 1. The van der Waals surface area contributed by atoms with Crippen molar-refractivity contribution in [1.82, 2.24) is 4.98 Å². The molecule has 4 nitrogen and oxygen atoms in total. The Kier molecular flexibility index (Phi) is 3.47. The average Bonchev–Trinajstić information content (AvgIpc) is 2.15. The molecule has 0 atom stereocenters. The number of hydrogen-bond acceptors (Lipinski definition) is 3. The van der Waals surface area contributed by atoms with Gasteiger partial charge in [-0.2, -0.15) is 0 Å². The molecule has 0 spiro atoms. The standard InChI is InChI=1S/C11H15FN2O2/c1-11(2,3)16-10(15)14(4)9-8(12)6-5-7-13-9/h5-7H,1-4H3. The summed E-state index contributed by atoms with van der Waals surface area (Å²) < 4.78 is 18.4. The Bertz CT molecular complexity index is 388. The van der Waals surface area contributed by atoms with Crippen molar-refractivity contribution in [2.45, 2.75) is 26.4 Å². The minimum absolute atomic E-state index is 0.0447. The third kappa shape index (κ3) is 3.18. The van der Waals surface area contributed by atoms with Crippen LogP contribution in [0, 0.1) is 5.82 Å². The zero-order valence-electron chi connectivity index (χ0n) is 9.82. The van der Waals surface area contributed by atoms with Crippen LogP contribution < -0.4 is 4.90 Å². The van der Waals surface area contributed by atoms with Gasteiger partial charge in [-0.1, -0.05) is 0 Å². The van der Waals surface area contributed by atoms with Crippen molar-refractivity contribution in [1.29, 1.82) is 0 Å². The van der Waals surface area contributed by atoms with Crippen LogP contribution >= 0.6 is 0 Å². The topological polar surface area (TPSA) is 42.4 Å². The first kappa shape index (κ1) is 12.4. The zero-order chi connectivity index (χ0) is 12.3. The lowest BCUT2D eigenvalue weighted by Crippen LogP contribution is -2.35. The molecule has 0 aliphatic rings. The molecular formula is C11H15FN2O2. The summed E-state index contributed by atoms with van der Waals surface area (Å²) in [6.07, 6.45) is 0.782. The van der Waals surface area contributed by atoms with Gasteiger partial charge in [-0.15, -0.1) is 0 Å². The molecule has 1 heterocycles. The van der Waals surface area contributed by atoms with Crippen molar-refractivity contribution in [3.8, 4) is 0 Å². The van der Waals surface area contributed by atoms with Crippen molar-refractivity contribution in [3.05, 3.63) is 24.1 Å². The fourth-order valence-corrected chi connectivity index (χ4v) is 1.04. The van der Waals surface area contributed by atoms with E-state index in [1.54, 1.807) is 20.8 Å². The normalized spacial score (nSPS) is 11.1. The molecule has 0 saturated heterocycles. The molecular weight excluding hydrogens is 211 g/mol. The molecule has 16 heavy (non-hydrogen) atoms. The van der Waals surface area contributed by atoms with Crippen LogP contribution in [-0.4, -0.2) is 23.7 Å². The summed E-state index contributed by atoms with van der Waals surface area (Å²) in [5.41, 5.74) is -0.614. The Morgan fingerprint density at radius 2 is 2.12 bits per heavy atom. The Morgan fingerprint density at radius 1 is 1.50 bits per heavy atom. The summed E-state index contributed by atoms with van der Waals surface area (Å²) in [5, 5.41) is 0. The van der Waals surface area contributed by atoms with E-state index in [9.17, 15) is 9.18 Å². The van der Waals surface area contributed by atoms with Gasteiger partial charge in [0, 0.05) is 13.2 Å². The van der Waals surface area contributed by atoms with E-state index in [0.29, 0.717) is 0 Å². The summed E-state index contributed by atoms with van der Waals surface area (Å²) in [5.74, 6) is -0.604. The quantitative estimate of drug-likeness (QED) is 0.739. The summed E-state index contributed by atoms with van der Waals surface area (Å²) in [7, 11) is 1.42.